The highest BCUT2D eigenvalue weighted by molar-refractivity contribution is 7.90. The number of carbonyl (C=O) groups is 1. The second-order valence-corrected chi connectivity index (χ2v) is 7.05. The van der Waals surface area contributed by atoms with Crippen molar-refractivity contribution in [3.05, 3.63) is 0 Å². The van der Waals surface area contributed by atoms with Gasteiger partial charge in [-0.2, -0.15) is 0 Å². The lowest BCUT2D eigenvalue weighted by molar-refractivity contribution is -0.140. The van der Waals surface area contributed by atoms with Gasteiger partial charge in [-0.15, -0.1) is 0 Å². The van der Waals surface area contributed by atoms with Gasteiger partial charge in [0.2, 0.25) is 0 Å². The summed E-state index contributed by atoms with van der Waals surface area (Å²) < 4.78 is 22.1. The quantitative estimate of drug-likeness (QED) is 0.601. The lowest BCUT2D eigenvalue weighted by Gasteiger charge is -2.12. The highest BCUT2D eigenvalue weighted by Gasteiger charge is 2.21. The third kappa shape index (κ3) is 10.3. The van der Waals surface area contributed by atoms with Gasteiger partial charge in [-0.25, -0.2) is 8.42 Å². The SMILES string of the molecule is CC(C)CCCNCC(CS(C)(=O)=O)C(=O)O. The van der Waals surface area contributed by atoms with Crippen LogP contribution in [0.5, 0.6) is 0 Å². The van der Waals surface area contributed by atoms with E-state index in [0.717, 1.165) is 25.6 Å². The molecule has 0 bridgehead atoms. The molecule has 0 rings (SSSR count). The Balaban J connectivity index is 3.91. The molecule has 2 N–H and O–H groups in total. The Morgan fingerprint density at radius 3 is 2.35 bits per heavy atom. The molecule has 5 nitrogen and oxygen atoms in total. The molecule has 6 heteroatoms. The van der Waals surface area contributed by atoms with Gasteiger partial charge in [0.1, 0.15) is 9.84 Å². The van der Waals surface area contributed by atoms with Crippen molar-refractivity contribution in [2.45, 2.75) is 26.7 Å². The Morgan fingerprint density at radius 2 is 1.94 bits per heavy atom. The number of aliphatic carboxylic acids is 1. The maximum atomic E-state index is 11.0. The summed E-state index contributed by atoms with van der Waals surface area (Å²) in [7, 11) is -3.25. The number of sulfone groups is 1. The van der Waals surface area contributed by atoms with Crippen LogP contribution in [0.25, 0.3) is 0 Å². The van der Waals surface area contributed by atoms with E-state index in [1.807, 2.05) is 0 Å². The van der Waals surface area contributed by atoms with Gasteiger partial charge in [-0.3, -0.25) is 4.79 Å². The Kier molecular flexibility index (Phi) is 7.38. The van der Waals surface area contributed by atoms with Crippen LogP contribution in [0.2, 0.25) is 0 Å². The lowest BCUT2D eigenvalue weighted by atomic mass is 10.1. The summed E-state index contributed by atoms with van der Waals surface area (Å²) in [5.74, 6) is -1.60. The van der Waals surface area contributed by atoms with E-state index in [9.17, 15) is 13.2 Å². The van der Waals surface area contributed by atoms with E-state index in [-0.39, 0.29) is 12.3 Å². The largest absolute Gasteiger partial charge is 0.481 e. The molecule has 0 aliphatic rings. The minimum Gasteiger partial charge on any atom is -0.481 e. The molecule has 0 aliphatic carbocycles. The summed E-state index contributed by atoms with van der Waals surface area (Å²) in [6.45, 7) is 5.19. The Bertz CT molecular complexity index is 324. The van der Waals surface area contributed by atoms with E-state index in [1.54, 1.807) is 0 Å². The second kappa shape index (κ2) is 7.66. The zero-order valence-electron chi connectivity index (χ0n) is 10.8. The third-order valence-electron chi connectivity index (χ3n) is 2.38. The van der Waals surface area contributed by atoms with Crippen LogP contribution in [0.4, 0.5) is 0 Å². The van der Waals surface area contributed by atoms with Crippen LogP contribution >= 0.6 is 0 Å². The lowest BCUT2D eigenvalue weighted by Crippen LogP contribution is -2.34. The summed E-state index contributed by atoms with van der Waals surface area (Å²) in [6, 6.07) is 0. The molecular weight excluding hydrogens is 242 g/mol. The standard InChI is InChI=1S/C11H23NO4S/c1-9(2)5-4-6-12-7-10(11(13)14)8-17(3,15)16/h9-10,12H,4-8H2,1-3H3,(H,13,14). The summed E-state index contributed by atoms with van der Waals surface area (Å²) in [5.41, 5.74) is 0. The first-order chi connectivity index (χ1) is 7.72. The number of carboxylic acids is 1. The van der Waals surface area contributed by atoms with Gasteiger partial charge < -0.3 is 10.4 Å². The molecule has 0 radical (unpaired) electrons. The number of hydrogen-bond acceptors (Lipinski definition) is 4. The van der Waals surface area contributed by atoms with Crippen LogP contribution in [0.15, 0.2) is 0 Å². The molecule has 17 heavy (non-hydrogen) atoms. The van der Waals surface area contributed by atoms with E-state index >= 15 is 0 Å². The van der Waals surface area contributed by atoms with Crippen molar-refractivity contribution in [2.75, 3.05) is 25.1 Å². The average molecular weight is 265 g/mol. The zero-order valence-corrected chi connectivity index (χ0v) is 11.6. The van der Waals surface area contributed by atoms with Gasteiger partial charge in [0.15, 0.2) is 0 Å². The van der Waals surface area contributed by atoms with E-state index in [1.165, 1.54) is 0 Å². The van der Waals surface area contributed by atoms with Crippen LogP contribution in [0.1, 0.15) is 26.7 Å². The van der Waals surface area contributed by atoms with Gasteiger partial charge in [-0.05, 0) is 25.3 Å². The fourth-order valence-corrected chi connectivity index (χ4v) is 2.49. The Morgan fingerprint density at radius 1 is 1.35 bits per heavy atom. The Hall–Kier alpha value is -0.620. The fourth-order valence-electron chi connectivity index (χ4n) is 1.49. The van der Waals surface area contributed by atoms with Crippen LogP contribution in [0.3, 0.4) is 0 Å². The first-order valence-corrected chi connectivity index (χ1v) is 7.89. The van der Waals surface area contributed by atoms with Crippen molar-refractivity contribution in [1.82, 2.24) is 5.32 Å². The molecule has 0 spiro atoms. The van der Waals surface area contributed by atoms with E-state index < -0.39 is 21.7 Å². The fraction of sp³-hybridized carbons (Fsp3) is 0.909. The molecule has 1 atom stereocenters. The highest BCUT2D eigenvalue weighted by atomic mass is 32.2. The topological polar surface area (TPSA) is 83.5 Å². The predicted molar refractivity (Wildman–Crippen MR) is 67.8 cm³/mol. The molecule has 0 aromatic carbocycles. The minimum absolute atomic E-state index is 0.209. The summed E-state index contributed by atoms with van der Waals surface area (Å²) in [5, 5.41) is 11.9. The monoisotopic (exact) mass is 265 g/mol. The van der Waals surface area contributed by atoms with E-state index in [4.69, 9.17) is 5.11 Å². The van der Waals surface area contributed by atoms with Crippen molar-refractivity contribution in [1.29, 1.82) is 0 Å². The maximum Gasteiger partial charge on any atom is 0.308 e. The number of rotatable bonds is 9. The molecular formula is C11H23NO4S. The molecule has 102 valence electrons. The van der Waals surface area contributed by atoms with Crippen molar-refractivity contribution < 1.29 is 18.3 Å². The first-order valence-electron chi connectivity index (χ1n) is 5.83. The van der Waals surface area contributed by atoms with Crippen molar-refractivity contribution in [3.63, 3.8) is 0 Å². The van der Waals surface area contributed by atoms with Crippen LogP contribution in [0, 0.1) is 11.8 Å². The summed E-state index contributed by atoms with van der Waals surface area (Å²) in [4.78, 5) is 10.8. The maximum absolute atomic E-state index is 11.0. The van der Waals surface area contributed by atoms with Crippen molar-refractivity contribution in [2.24, 2.45) is 11.8 Å². The molecule has 0 saturated carbocycles. The second-order valence-electron chi connectivity index (χ2n) is 4.87. The van der Waals surface area contributed by atoms with Crippen LogP contribution in [-0.4, -0.2) is 44.6 Å². The van der Waals surface area contributed by atoms with Gasteiger partial charge in [0.05, 0.1) is 11.7 Å². The third-order valence-corrected chi connectivity index (χ3v) is 3.39. The van der Waals surface area contributed by atoms with Gasteiger partial charge in [0.25, 0.3) is 0 Å². The van der Waals surface area contributed by atoms with Crippen LogP contribution < -0.4 is 5.32 Å². The number of hydrogen-bond donors (Lipinski definition) is 2. The molecule has 1 unspecified atom stereocenters. The average Bonchev–Trinajstić information content (AvgIpc) is 2.12. The molecule has 0 amide bonds. The number of nitrogens with one attached hydrogen (secondary N) is 1. The number of carboxylic acid groups (broad SMARTS) is 1. The van der Waals surface area contributed by atoms with E-state index in [2.05, 4.69) is 19.2 Å². The van der Waals surface area contributed by atoms with E-state index in [0.29, 0.717) is 5.92 Å². The predicted octanol–water partition coefficient (Wildman–Crippen LogP) is 0.758. The molecule has 0 heterocycles. The Labute approximate surface area is 104 Å². The van der Waals surface area contributed by atoms with Gasteiger partial charge >= 0.3 is 5.97 Å². The van der Waals surface area contributed by atoms with Crippen molar-refractivity contribution in [3.8, 4) is 0 Å². The van der Waals surface area contributed by atoms with Gasteiger partial charge in [-0.1, -0.05) is 13.8 Å². The molecule has 0 aliphatic heterocycles. The van der Waals surface area contributed by atoms with Crippen molar-refractivity contribution >= 4 is 15.8 Å². The molecule has 0 fully saturated rings. The summed E-state index contributed by atoms with van der Waals surface area (Å²) >= 11 is 0. The summed E-state index contributed by atoms with van der Waals surface area (Å²) in [6.07, 6.45) is 3.11. The molecule has 0 aromatic heterocycles. The zero-order chi connectivity index (χ0) is 13.5. The molecule has 0 aromatic rings. The van der Waals surface area contributed by atoms with Gasteiger partial charge in [0, 0.05) is 12.8 Å². The minimum atomic E-state index is -3.25. The first kappa shape index (κ1) is 16.4. The normalized spacial score (nSPS) is 13.9. The highest BCUT2D eigenvalue weighted by Crippen LogP contribution is 2.03. The smallest absolute Gasteiger partial charge is 0.308 e. The van der Waals surface area contributed by atoms with Crippen LogP contribution in [-0.2, 0) is 14.6 Å². The molecule has 0 saturated heterocycles.